The highest BCUT2D eigenvalue weighted by Crippen LogP contribution is 2.67. The zero-order valence-electron chi connectivity index (χ0n) is 18.2. The van der Waals surface area contributed by atoms with Gasteiger partial charge in [0.05, 0.1) is 11.9 Å². The lowest BCUT2D eigenvalue weighted by Gasteiger charge is -2.46. The second-order valence-corrected chi connectivity index (χ2v) is 13.0. The molecule has 4 fully saturated rings. The average Bonchev–Trinajstić information content (AvgIpc) is 3.04. The van der Waals surface area contributed by atoms with Crippen LogP contribution in [-0.4, -0.2) is 41.6 Å². The number of hydrogen-bond donors (Lipinski definition) is 1. The van der Waals surface area contributed by atoms with Crippen LogP contribution in [0.25, 0.3) is 0 Å². The van der Waals surface area contributed by atoms with Crippen LogP contribution in [0.4, 0.5) is 0 Å². The summed E-state index contributed by atoms with van der Waals surface area (Å²) in [5, 5.41) is 0. The van der Waals surface area contributed by atoms with Gasteiger partial charge in [-0.3, -0.25) is 0 Å². The van der Waals surface area contributed by atoms with Gasteiger partial charge in [-0.15, -0.1) is 0 Å². The Hall–Kier alpha value is 0.260. The molecule has 2 bridgehead atoms. The zero-order chi connectivity index (χ0) is 20.7. The van der Waals surface area contributed by atoms with E-state index in [9.17, 15) is 13.3 Å². The van der Waals surface area contributed by atoms with Crippen molar-refractivity contribution in [2.45, 2.75) is 116 Å². The van der Waals surface area contributed by atoms with E-state index in [1.165, 1.54) is 12.8 Å². The van der Waals surface area contributed by atoms with Crippen LogP contribution in [0.5, 0.6) is 0 Å². The summed E-state index contributed by atoms with van der Waals surface area (Å²) in [5.74, 6) is 0.697. The first-order valence-electron chi connectivity index (χ1n) is 11.9. The van der Waals surface area contributed by atoms with Gasteiger partial charge in [-0.05, 0) is 56.3 Å². The van der Waals surface area contributed by atoms with Gasteiger partial charge in [0.15, 0.2) is 9.03 Å². The molecular weight excluding hydrogens is 405 g/mol. The third-order valence-corrected chi connectivity index (χ3v) is 11.7. The van der Waals surface area contributed by atoms with Crippen molar-refractivity contribution in [2.24, 2.45) is 16.7 Å². The molecule has 168 valence electrons. The van der Waals surface area contributed by atoms with Crippen molar-refractivity contribution < 1.29 is 17.8 Å². The van der Waals surface area contributed by atoms with Crippen molar-refractivity contribution >= 4 is 19.1 Å². The molecule has 0 heterocycles. The van der Waals surface area contributed by atoms with Crippen LogP contribution in [-0.2, 0) is 14.5 Å². The van der Waals surface area contributed by atoms with Gasteiger partial charge in [0.2, 0.25) is 10.0 Å². The fraction of sp³-hybridized carbons (Fsp3) is 1.00. The molecule has 0 radical (unpaired) electrons. The minimum atomic E-state index is -3.40. The van der Waals surface area contributed by atoms with Crippen LogP contribution in [0.15, 0.2) is 0 Å². The summed E-state index contributed by atoms with van der Waals surface area (Å²) < 4.78 is 36.0. The Morgan fingerprint density at radius 1 is 0.966 bits per heavy atom. The summed E-state index contributed by atoms with van der Waals surface area (Å²) in [6, 6.07) is 0.378. The largest absolute Gasteiger partial charge is 0.352 e. The van der Waals surface area contributed by atoms with Crippen molar-refractivity contribution in [1.82, 2.24) is 4.31 Å². The topological polar surface area (TPSA) is 66.8 Å². The van der Waals surface area contributed by atoms with E-state index in [2.05, 4.69) is 13.8 Å². The molecule has 4 aliphatic rings. The molecule has 0 amide bonds. The van der Waals surface area contributed by atoms with Crippen LogP contribution in [0.2, 0.25) is 0 Å². The maximum absolute atomic E-state index is 14.1. The fourth-order valence-corrected chi connectivity index (χ4v) is 10.7. The van der Waals surface area contributed by atoms with E-state index in [0.29, 0.717) is 5.92 Å². The van der Waals surface area contributed by atoms with Crippen molar-refractivity contribution in [2.75, 3.05) is 5.75 Å². The number of hydrogen-bond acceptors (Lipinski definition) is 4. The monoisotopic (exact) mass is 445 g/mol. The molecule has 4 aliphatic carbocycles. The van der Waals surface area contributed by atoms with Gasteiger partial charge in [-0.1, -0.05) is 52.4 Å². The lowest BCUT2D eigenvalue weighted by molar-refractivity contribution is 0.0357. The summed E-state index contributed by atoms with van der Waals surface area (Å²) in [6.07, 6.45) is 13.9. The molecule has 0 aromatic rings. The Labute approximate surface area is 179 Å². The standard InChI is InChI=1S/C22H40NO4PS/c1-21(2)17-13-14-22(21,20(15-17)27-28-24)16-29(25,26)23(18-9-5-3-6-10-18)19-11-7-4-8-12-19/h17-20,24,28H,3-16H2,1-2H3/t17-,20-,22-/m1/s1. The van der Waals surface area contributed by atoms with Crippen LogP contribution in [0, 0.1) is 16.7 Å². The quantitative estimate of drug-likeness (QED) is 0.560. The number of fused-ring (bicyclic) bond motifs is 2. The first kappa shape index (κ1) is 22.5. The van der Waals surface area contributed by atoms with Gasteiger partial charge in [0.1, 0.15) is 0 Å². The van der Waals surface area contributed by atoms with Crippen LogP contribution in [0.3, 0.4) is 0 Å². The Balaban J connectivity index is 1.64. The van der Waals surface area contributed by atoms with Crippen molar-refractivity contribution in [1.29, 1.82) is 0 Å². The number of sulfonamides is 1. The smallest absolute Gasteiger partial charge is 0.215 e. The van der Waals surface area contributed by atoms with E-state index in [1.54, 1.807) is 0 Å². The van der Waals surface area contributed by atoms with E-state index in [-0.39, 0.29) is 34.8 Å². The highest BCUT2D eigenvalue weighted by Gasteiger charge is 2.66. The highest BCUT2D eigenvalue weighted by molar-refractivity contribution is 7.89. The zero-order valence-corrected chi connectivity index (χ0v) is 20.1. The molecule has 29 heavy (non-hydrogen) atoms. The van der Waals surface area contributed by atoms with E-state index >= 15 is 0 Å². The average molecular weight is 446 g/mol. The lowest BCUT2D eigenvalue weighted by Crippen LogP contribution is -2.54. The predicted molar refractivity (Wildman–Crippen MR) is 118 cm³/mol. The minimum absolute atomic E-state index is 0.0603. The van der Waals surface area contributed by atoms with Crippen molar-refractivity contribution in [3.8, 4) is 0 Å². The molecule has 4 saturated carbocycles. The Morgan fingerprint density at radius 3 is 2.00 bits per heavy atom. The third kappa shape index (κ3) is 3.95. The van der Waals surface area contributed by atoms with E-state index in [0.717, 1.165) is 70.6 Å². The molecule has 0 saturated heterocycles. The van der Waals surface area contributed by atoms with Crippen molar-refractivity contribution in [3.05, 3.63) is 0 Å². The summed E-state index contributed by atoms with van der Waals surface area (Å²) >= 11 is 0. The molecule has 5 nitrogen and oxygen atoms in total. The predicted octanol–water partition coefficient (Wildman–Crippen LogP) is 5.00. The minimum Gasteiger partial charge on any atom is -0.352 e. The Bertz CT molecular complexity index is 654. The maximum Gasteiger partial charge on any atom is 0.215 e. The molecule has 4 atom stereocenters. The molecule has 1 unspecified atom stereocenters. The SMILES string of the molecule is CC1(C)[C@@H]2CC[C@@]1(CS(=O)(=O)N(C1CCCCC1)C1CCCCC1)[C@H](OPO)C2. The van der Waals surface area contributed by atoms with Crippen LogP contribution < -0.4 is 0 Å². The molecule has 0 aromatic heterocycles. The summed E-state index contributed by atoms with van der Waals surface area (Å²) in [6.45, 7) is 4.49. The van der Waals surface area contributed by atoms with E-state index in [4.69, 9.17) is 4.52 Å². The highest BCUT2D eigenvalue weighted by atomic mass is 32.2. The molecule has 0 spiro atoms. The first-order chi connectivity index (χ1) is 13.8. The molecular formula is C22H40NO4PS. The first-order valence-corrected chi connectivity index (χ1v) is 14.3. The Morgan fingerprint density at radius 2 is 1.52 bits per heavy atom. The molecule has 0 aliphatic heterocycles. The third-order valence-electron chi connectivity index (χ3n) is 9.18. The van der Waals surface area contributed by atoms with Gasteiger partial charge in [0.25, 0.3) is 0 Å². The lowest BCUT2D eigenvalue weighted by atomic mass is 9.70. The van der Waals surface area contributed by atoms with Crippen LogP contribution in [0.1, 0.15) is 97.3 Å². The number of rotatable bonds is 7. The summed E-state index contributed by atoms with van der Waals surface area (Å²) in [5.41, 5.74) is -0.428. The van der Waals surface area contributed by atoms with Crippen molar-refractivity contribution in [3.63, 3.8) is 0 Å². The summed E-state index contributed by atoms with van der Waals surface area (Å²) in [4.78, 5) is 9.50. The molecule has 1 N–H and O–H groups in total. The van der Waals surface area contributed by atoms with Gasteiger partial charge in [-0.25, -0.2) is 8.42 Å². The Kier molecular flexibility index (Phi) is 6.70. The molecule has 4 rings (SSSR count). The molecule has 0 aromatic carbocycles. The van der Waals surface area contributed by atoms with E-state index in [1.807, 2.05) is 4.31 Å². The second-order valence-electron chi connectivity index (χ2n) is 10.7. The van der Waals surface area contributed by atoms with Gasteiger partial charge < -0.3 is 9.42 Å². The number of nitrogens with zero attached hydrogens (tertiary/aromatic N) is 1. The van der Waals surface area contributed by atoms with Gasteiger partial charge in [-0.2, -0.15) is 4.31 Å². The normalized spacial score (nSPS) is 36.6. The van der Waals surface area contributed by atoms with Crippen LogP contribution >= 0.6 is 9.03 Å². The van der Waals surface area contributed by atoms with Gasteiger partial charge in [0, 0.05) is 17.5 Å². The fourth-order valence-electron chi connectivity index (χ4n) is 7.39. The molecule has 7 heteroatoms. The maximum atomic E-state index is 14.1. The second kappa shape index (κ2) is 8.65. The van der Waals surface area contributed by atoms with Gasteiger partial charge >= 0.3 is 0 Å². The summed E-state index contributed by atoms with van der Waals surface area (Å²) in [7, 11) is -3.96. The van der Waals surface area contributed by atoms with E-state index < -0.39 is 19.1 Å².